The van der Waals surface area contributed by atoms with Crippen LogP contribution in [-0.2, 0) is 6.54 Å². The first-order valence-electron chi connectivity index (χ1n) is 7.41. The molecule has 7 nitrogen and oxygen atoms in total. The third-order valence-corrected chi connectivity index (χ3v) is 4.38. The molecule has 124 valence electrons. The van der Waals surface area contributed by atoms with E-state index in [1.165, 1.54) is 21.5 Å². The lowest BCUT2D eigenvalue weighted by atomic mass is 10.2. The SMILES string of the molecule is CCn1c(N)c(-c2csc(Nc3ccc(C)cc3)n2)c(=O)[nH]c1=O. The van der Waals surface area contributed by atoms with Gasteiger partial charge < -0.3 is 11.1 Å². The standard InChI is InChI=1S/C16H17N5O2S/c1-3-21-13(17)12(14(22)20-16(21)23)11-8-24-15(19-11)18-10-6-4-9(2)5-7-10/h4-8H,3,17H2,1-2H3,(H,18,19)(H,20,22,23). The molecule has 0 saturated heterocycles. The highest BCUT2D eigenvalue weighted by atomic mass is 32.1. The van der Waals surface area contributed by atoms with Crippen LogP contribution in [0.3, 0.4) is 0 Å². The number of nitrogens with zero attached hydrogens (tertiary/aromatic N) is 2. The molecule has 24 heavy (non-hydrogen) atoms. The van der Waals surface area contributed by atoms with Gasteiger partial charge >= 0.3 is 5.69 Å². The second kappa shape index (κ2) is 6.32. The van der Waals surface area contributed by atoms with Crippen molar-refractivity contribution in [3.8, 4) is 11.3 Å². The summed E-state index contributed by atoms with van der Waals surface area (Å²) >= 11 is 1.36. The largest absolute Gasteiger partial charge is 0.384 e. The third-order valence-electron chi connectivity index (χ3n) is 3.62. The summed E-state index contributed by atoms with van der Waals surface area (Å²) in [6, 6.07) is 7.90. The molecule has 0 fully saturated rings. The molecule has 0 unspecified atom stereocenters. The van der Waals surface area contributed by atoms with Crippen molar-refractivity contribution in [2.75, 3.05) is 11.1 Å². The Hall–Kier alpha value is -2.87. The first-order chi connectivity index (χ1) is 11.5. The van der Waals surface area contributed by atoms with E-state index in [1.54, 1.807) is 12.3 Å². The van der Waals surface area contributed by atoms with Crippen LogP contribution in [0.25, 0.3) is 11.3 Å². The Kier molecular flexibility index (Phi) is 4.22. The number of aryl methyl sites for hydroxylation is 1. The normalized spacial score (nSPS) is 10.8. The minimum atomic E-state index is -0.533. The number of aromatic amines is 1. The minimum absolute atomic E-state index is 0.124. The van der Waals surface area contributed by atoms with E-state index in [2.05, 4.69) is 15.3 Å². The van der Waals surface area contributed by atoms with Crippen LogP contribution in [0, 0.1) is 6.92 Å². The highest BCUT2D eigenvalue weighted by Crippen LogP contribution is 2.27. The molecule has 0 spiro atoms. The summed E-state index contributed by atoms with van der Waals surface area (Å²) in [5.41, 5.74) is 7.67. The summed E-state index contributed by atoms with van der Waals surface area (Å²) in [5.74, 6) is 0.124. The van der Waals surface area contributed by atoms with Crippen molar-refractivity contribution < 1.29 is 0 Å². The van der Waals surface area contributed by atoms with Gasteiger partial charge in [0.2, 0.25) is 0 Å². The third kappa shape index (κ3) is 2.95. The molecule has 3 aromatic rings. The van der Waals surface area contributed by atoms with Crippen LogP contribution in [-0.4, -0.2) is 14.5 Å². The number of thiazole rings is 1. The molecule has 0 atom stereocenters. The van der Waals surface area contributed by atoms with Gasteiger partial charge in [0.05, 0.1) is 5.69 Å². The molecule has 2 aromatic heterocycles. The van der Waals surface area contributed by atoms with Gasteiger partial charge in [-0.15, -0.1) is 11.3 Å². The van der Waals surface area contributed by atoms with Gasteiger partial charge in [-0.2, -0.15) is 0 Å². The molecule has 0 bridgehead atoms. The zero-order valence-electron chi connectivity index (χ0n) is 13.3. The summed E-state index contributed by atoms with van der Waals surface area (Å²) < 4.78 is 1.31. The van der Waals surface area contributed by atoms with Crippen LogP contribution in [0.2, 0.25) is 0 Å². The maximum absolute atomic E-state index is 12.1. The van der Waals surface area contributed by atoms with Crippen molar-refractivity contribution in [3.63, 3.8) is 0 Å². The quantitative estimate of drug-likeness (QED) is 0.674. The molecule has 0 aliphatic rings. The number of H-pyrrole nitrogens is 1. The van der Waals surface area contributed by atoms with Crippen molar-refractivity contribution in [2.24, 2.45) is 0 Å². The molecule has 4 N–H and O–H groups in total. The number of hydrogen-bond acceptors (Lipinski definition) is 6. The van der Waals surface area contributed by atoms with Gasteiger partial charge in [0.25, 0.3) is 5.56 Å². The molecule has 0 radical (unpaired) electrons. The minimum Gasteiger partial charge on any atom is -0.384 e. The molecular formula is C16H17N5O2S. The van der Waals surface area contributed by atoms with E-state index < -0.39 is 11.2 Å². The van der Waals surface area contributed by atoms with E-state index in [-0.39, 0.29) is 11.4 Å². The smallest absolute Gasteiger partial charge is 0.329 e. The molecule has 3 rings (SSSR count). The summed E-state index contributed by atoms with van der Waals surface area (Å²) in [6.07, 6.45) is 0. The summed E-state index contributed by atoms with van der Waals surface area (Å²) in [4.78, 5) is 30.6. The number of rotatable bonds is 4. The van der Waals surface area contributed by atoms with Crippen LogP contribution in [0.1, 0.15) is 12.5 Å². The van der Waals surface area contributed by atoms with Crippen LogP contribution >= 0.6 is 11.3 Å². The number of benzene rings is 1. The van der Waals surface area contributed by atoms with Crippen molar-refractivity contribution in [1.82, 2.24) is 14.5 Å². The molecule has 0 amide bonds. The Morgan fingerprint density at radius 1 is 1.29 bits per heavy atom. The monoisotopic (exact) mass is 343 g/mol. The molecule has 0 aliphatic heterocycles. The summed E-state index contributed by atoms with van der Waals surface area (Å²) in [7, 11) is 0. The van der Waals surface area contributed by atoms with Crippen LogP contribution in [0.4, 0.5) is 16.6 Å². The van der Waals surface area contributed by atoms with Gasteiger partial charge in [0, 0.05) is 17.6 Å². The predicted molar refractivity (Wildman–Crippen MR) is 97.0 cm³/mol. The van der Waals surface area contributed by atoms with E-state index in [0.29, 0.717) is 17.4 Å². The fraction of sp³-hybridized carbons (Fsp3) is 0.188. The molecule has 1 aromatic carbocycles. The van der Waals surface area contributed by atoms with Crippen molar-refractivity contribution >= 4 is 28.0 Å². The van der Waals surface area contributed by atoms with E-state index in [1.807, 2.05) is 31.2 Å². The van der Waals surface area contributed by atoms with Gasteiger partial charge in [0.15, 0.2) is 5.13 Å². The number of nitrogens with two attached hydrogens (primary N) is 1. The molecule has 0 aliphatic carbocycles. The Labute approximate surface area is 141 Å². The first-order valence-corrected chi connectivity index (χ1v) is 8.29. The van der Waals surface area contributed by atoms with Gasteiger partial charge in [0.1, 0.15) is 11.4 Å². The maximum atomic E-state index is 12.1. The topological polar surface area (TPSA) is 106 Å². The molecule has 8 heteroatoms. The van der Waals surface area contributed by atoms with E-state index in [0.717, 1.165) is 5.69 Å². The first kappa shape index (κ1) is 16.0. The highest BCUT2D eigenvalue weighted by Gasteiger charge is 2.16. The maximum Gasteiger partial charge on any atom is 0.329 e. The number of aromatic nitrogens is 3. The Morgan fingerprint density at radius 2 is 2.00 bits per heavy atom. The number of anilines is 3. The van der Waals surface area contributed by atoms with Gasteiger partial charge in [-0.1, -0.05) is 17.7 Å². The highest BCUT2D eigenvalue weighted by molar-refractivity contribution is 7.14. The average Bonchev–Trinajstić information content (AvgIpc) is 2.97. The molecule has 0 saturated carbocycles. The number of hydrogen-bond donors (Lipinski definition) is 3. The zero-order chi connectivity index (χ0) is 17.3. The fourth-order valence-corrected chi connectivity index (χ4v) is 3.08. The number of nitrogens with one attached hydrogen (secondary N) is 2. The lowest BCUT2D eigenvalue weighted by Gasteiger charge is -2.09. The predicted octanol–water partition coefficient (Wildman–Crippen LogP) is 2.31. The van der Waals surface area contributed by atoms with Gasteiger partial charge in [-0.05, 0) is 26.0 Å². The molecular weight excluding hydrogens is 326 g/mol. The summed E-state index contributed by atoms with van der Waals surface area (Å²) in [5, 5.41) is 5.56. The van der Waals surface area contributed by atoms with Crippen molar-refractivity contribution in [2.45, 2.75) is 20.4 Å². The molecule has 2 heterocycles. The number of nitrogen functional groups attached to an aromatic ring is 1. The van der Waals surface area contributed by atoms with Crippen molar-refractivity contribution in [1.29, 1.82) is 0 Å². The lowest BCUT2D eigenvalue weighted by Crippen LogP contribution is -2.32. The van der Waals surface area contributed by atoms with Crippen LogP contribution in [0.5, 0.6) is 0 Å². The van der Waals surface area contributed by atoms with Gasteiger partial charge in [-0.3, -0.25) is 14.3 Å². The average molecular weight is 343 g/mol. The van der Waals surface area contributed by atoms with E-state index in [9.17, 15) is 9.59 Å². The second-order valence-corrected chi connectivity index (χ2v) is 6.15. The Balaban J connectivity index is 1.98. The van der Waals surface area contributed by atoms with E-state index >= 15 is 0 Å². The Bertz CT molecular complexity index is 985. The van der Waals surface area contributed by atoms with E-state index in [4.69, 9.17) is 5.73 Å². The summed E-state index contributed by atoms with van der Waals surface area (Å²) in [6.45, 7) is 4.17. The lowest BCUT2D eigenvalue weighted by molar-refractivity contribution is 0.706. The van der Waals surface area contributed by atoms with Crippen LogP contribution in [0.15, 0.2) is 39.2 Å². The fourth-order valence-electron chi connectivity index (χ4n) is 2.36. The van der Waals surface area contributed by atoms with Crippen LogP contribution < -0.4 is 22.3 Å². The zero-order valence-corrected chi connectivity index (χ0v) is 14.1. The Morgan fingerprint density at radius 3 is 2.67 bits per heavy atom. The second-order valence-electron chi connectivity index (χ2n) is 5.29. The van der Waals surface area contributed by atoms with Gasteiger partial charge in [-0.25, -0.2) is 9.78 Å². The van der Waals surface area contributed by atoms with Crippen molar-refractivity contribution in [3.05, 3.63) is 56.0 Å².